The molecule has 0 radical (unpaired) electrons. The van der Waals surface area contributed by atoms with E-state index in [1.165, 1.54) is 12.1 Å². The zero-order valence-electron chi connectivity index (χ0n) is 15.1. The van der Waals surface area contributed by atoms with Crippen LogP contribution in [0.3, 0.4) is 0 Å². The third kappa shape index (κ3) is 4.41. The fourth-order valence-electron chi connectivity index (χ4n) is 2.96. The van der Waals surface area contributed by atoms with Gasteiger partial charge in [0.1, 0.15) is 6.73 Å². The Hall–Kier alpha value is -2.55. The summed E-state index contributed by atoms with van der Waals surface area (Å²) in [5, 5.41) is 0. The van der Waals surface area contributed by atoms with Crippen LogP contribution in [0.2, 0.25) is 0 Å². The van der Waals surface area contributed by atoms with Crippen molar-refractivity contribution < 1.29 is 27.5 Å². The summed E-state index contributed by atoms with van der Waals surface area (Å²) in [4.78, 5) is 26.9. The van der Waals surface area contributed by atoms with E-state index >= 15 is 0 Å². The van der Waals surface area contributed by atoms with Crippen LogP contribution < -0.4 is 10.6 Å². The molecule has 1 saturated heterocycles. The Balaban J connectivity index is 2.29. The summed E-state index contributed by atoms with van der Waals surface area (Å²) in [5.74, 6) is -0.653. The van der Waals surface area contributed by atoms with Crippen LogP contribution in [0.15, 0.2) is 36.9 Å². The number of nitrogens with two attached hydrogens (primary N) is 1. The van der Waals surface area contributed by atoms with Gasteiger partial charge in [-0.1, -0.05) is 12.1 Å². The molecule has 0 aromatic heterocycles. The first-order valence-electron chi connectivity index (χ1n) is 8.29. The first-order valence-corrected chi connectivity index (χ1v) is 8.29. The standard InChI is InChI=1S/C18H22F3N3O3/c1-4-5-9-17(2,3)24(16(22)26)15-14(25)23(11-27-15)13-8-6-7-12(10-13)18(19,20)21/h4,6-8,10,15H,1,5,9,11H2,2-3H3,(H2,22,26). The highest BCUT2D eigenvalue weighted by atomic mass is 19.4. The van der Waals surface area contributed by atoms with E-state index in [2.05, 4.69) is 6.58 Å². The van der Waals surface area contributed by atoms with Gasteiger partial charge in [-0.25, -0.2) is 4.79 Å². The maximum atomic E-state index is 12.9. The molecule has 0 saturated carbocycles. The number of carbonyl (C=O) groups is 2. The van der Waals surface area contributed by atoms with E-state index in [0.29, 0.717) is 12.8 Å². The molecule has 6 nitrogen and oxygen atoms in total. The highest BCUT2D eigenvalue weighted by Crippen LogP contribution is 2.34. The molecule has 1 heterocycles. The average Bonchev–Trinajstić information content (AvgIpc) is 2.93. The molecule has 1 aliphatic heterocycles. The lowest BCUT2D eigenvalue weighted by Crippen LogP contribution is -2.58. The number of alkyl halides is 3. The molecule has 9 heteroatoms. The summed E-state index contributed by atoms with van der Waals surface area (Å²) in [6, 6.07) is 3.50. The minimum Gasteiger partial charge on any atom is -0.351 e. The summed E-state index contributed by atoms with van der Waals surface area (Å²) in [5.41, 5.74) is 3.80. The smallest absolute Gasteiger partial charge is 0.351 e. The van der Waals surface area contributed by atoms with Gasteiger partial charge in [0, 0.05) is 11.2 Å². The largest absolute Gasteiger partial charge is 0.416 e. The molecule has 27 heavy (non-hydrogen) atoms. The summed E-state index contributed by atoms with van der Waals surface area (Å²) in [6.45, 7) is 6.80. The Labute approximate surface area is 155 Å². The van der Waals surface area contributed by atoms with E-state index in [1.807, 2.05) is 0 Å². The number of allylic oxidation sites excluding steroid dienone is 1. The van der Waals surface area contributed by atoms with E-state index in [4.69, 9.17) is 10.5 Å². The lowest BCUT2D eigenvalue weighted by Gasteiger charge is -2.39. The predicted octanol–water partition coefficient (Wildman–Crippen LogP) is 3.48. The van der Waals surface area contributed by atoms with Gasteiger partial charge in [0.2, 0.25) is 6.23 Å². The Morgan fingerprint density at radius 3 is 2.67 bits per heavy atom. The third-order valence-corrected chi connectivity index (χ3v) is 4.41. The number of hydrogen-bond acceptors (Lipinski definition) is 3. The first kappa shape index (κ1) is 20.8. The van der Waals surface area contributed by atoms with Gasteiger partial charge in [-0.2, -0.15) is 13.2 Å². The predicted molar refractivity (Wildman–Crippen MR) is 93.6 cm³/mol. The summed E-state index contributed by atoms with van der Waals surface area (Å²) >= 11 is 0. The van der Waals surface area contributed by atoms with Crippen LogP contribution in [0.1, 0.15) is 32.3 Å². The van der Waals surface area contributed by atoms with Crippen LogP contribution in [-0.2, 0) is 15.7 Å². The highest BCUT2D eigenvalue weighted by molar-refractivity contribution is 5.99. The number of ether oxygens (including phenoxy) is 1. The topological polar surface area (TPSA) is 75.9 Å². The molecule has 1 fully saturated rings. The number of urea groups is 1. The third-order valence-electron chi connectivity index (χ3n) is 4.41. The van der Waals surface area contributed by atoms with Gasteiger partial charge in [0.15, 0.2) is 0 Å². The number of amides is 3. The molecular formula is C18H22F3N3O3. The molecule has 1 aromatic rings. The molecule has 148 valence electrons. The number of nitrogens with zero attached hydrogens (tertiary/aromatic N) is 2. The van der Waals surface area contributed by atoms with Crippen molar-refractivity contribution in [2.24, 2.45) is 5.73 Å². The number of halogens is 3. The first-order chi connectivity index (χ1) is 12.5. The highest BCUT2D eigenvalue weighted by Gasteiger charge is 2.45. The van der Waals surface area contributed by atoms with Crippen molar-refractivity contribution in [2.45, 2.75) is 44.6 Å². The molecule has 1 aromatic carbocycles. The summed E-state index contributed by atoms with van der Waals surface area (Å²) in [7, 11) is 0. The van der Waals surface area contributed by atoms with Gasteiger partial charge in [-0.05, 0) is 44.9 Å². The number of benzene rings is 1. The minimum atomic E-state index is -4.54. The number of hydrogen-bond donors (Lipinski definition) is 1. The second-order valence-electron chi connectivity index (χ2n) is 6.81. The van der Waals surface area contributed by atoms with E-state index in [0.717, 1.165) is 21.9 Å². The fourth-order valence-corrected chi connectivity index (χ4v) is 2.96. The van der Waals surface area contributed by atoms with Crippen molar-refractivity contribution in [3.8, 4) is 0 Å². The SMILES string of the molecule is C=CCCC(C)(C)N(C(N)=O)C1OCN(c2cccc(C(F)(F)F)c2)C1=O. The average molecular weight is 385 g/mol. The number of primary amides is 1. The molecular weight excluding hydrogens is 363 g/mol. The number of rotatable bonds is 6. The van der Waals surface area contributed by atoms with Crippen LogP contribution in [0.25, 0.3) is 0 Å². The minimum absolute atomic E-state index is 0.0330. The Morgan fingerprint density at radius 2 is 2.11 bits per heavy atom. The molecule has 1 aliphatic rings. The van der Waals surface area contributed by atoms with Crippen molar-refractivity contribution in [1.82, 2.24) is 4.90 Å². The Morgan fingerprint density at radius 1 is 1.44 bits per heavy atom. The number of anilines is 1. The fraction of sp³-hybridized carbons (Fsp3) is 0.444. The zero-order chi connectivity index (χ0) is 20.4. The van der Waals surface area contributed by atoms with Crippen LogP contribution >= 0.6 is 0 Å². The maximum absolute atomic E-state index is 12.9. The van der Waals surface area contributed by atoms with Crippen molar-refractivity contribution >= 4 is 17.6 Å². The van der Waals surface area contributed by atoms with Gasteiger partial charge in [-0.3, -0.25) is 14.6 Å². The van der Waals surface area contributed by atoms with Crippen molar-refractivity contribution in [3.05, 3.63) is 42.5 Å². The van der Waals surface area contributed by atoms with Crippen molar-refractivity contribution in [3.63, 3.8) is 0 Å². The summed E-state index contributed by atoms with van der Waals surface area (Å²) in [6.07, 6.45) is -3.11. The maximum Gasteiger partial charge on any atom is 0.416 e. The number of carbonyl (C=O) groups excluding carboxylic acids is 2. The van der Waals surface area contributed by atoms with E-state index in [-0.39, 0.29) is 12.4 Å². The van der Waals surface area contributed by atoms with Crippen LogP contribution in [0, 0.1) is 0 Å². The van der Waals surface area contributed by atoms with Crippen molar-refractivity contribution in [1.29, 1.82) is 0 Å². The Bertz CT molecular complexity index is 734. The van der Waals surface area contributed by atoms with Crippen molar-refractivity contribution in [2.75, 3.05) is 11.6 Å². The molecule has 3 amide bonds. The molecule has 0 aliphatic carbocycles. The summed E-state index contributed by atoms with van der Waals surface area (Å²) < 4.78 is 44.2. The molecule has 0 spiro atoms. The van der Waals surface area contributed by atoms with Crippen LogP contribution in [0.5, 0.6) is 0 Å². The van der Waals surface area contributed by atoms with Gasteiger partial charge >= 0.3 is 12.2 Å². The quantitative estimate of drug-likeness (QED) is 0.762. The molecule has 2 rings (SSSR count). The lowest BCUT2D eigenvalue weighted by molar-refractivity contribution is -0.137. The molecule has 0 bridgehead atoms. The molecule has 1 unspecified atom stereocenters. The molecule has 1 atom stereocenters. The van der Waals surface area contributed by atoms with Gasteiger partial charge in [-0.15, -0.1) is 6.58 Å². The van der Waals surface area contributed by atoms with Gasteiger partial charge in [0.25, 0.3) is 5.91 Å². The monoisotopic (exact) mass is 385 g/mol. The van der Waals surface area contributed by atoms with E-state index in [1.54, 1.807) is 19.9 Å². The van der Waals surface area contributed by atoms with Crippen LogP contribution in [0.4, 0.5) is 23.7 Å². The van der Waals surface area contributed by atoms with Gasteiger partial charge < -0.3 is 10.5 Å². The van der Waals surface area contributed by atoms with E-state index < -0.39 is 35.4 Å². The lowest BCUT2D eigenvalue weighted by atomic mass is 9.95. The Kier molecular flexibility index (Phi) is 5.84. The van der Waals surface area contributed by atoms with Crippen LogP contribution in [-0.4, -0.2) is 35.3 Å². The van der Waals surface area contributed by atoms with E-state index in [9.17, 15) is 22.8 Å². The second-order valence-corrected chi connectivity index (χ2v) is 6.81. The zero-order valence-corrected chi connectivity index (χ0v) is 15.1. The molecule has 2 N–H and O–H groups in total. The normalized spacial score (nSPS) is 17.9. The second kappa shape index (κ2) is 7.59. The van der Waals surface area contributed by atoms with Gasteiger partial charge in [0.05, 0.1) is 5.56 Å².